The summed E-state index contributed by atoms with van der Waals surface area (Å²) in [5.74, 6) is 0. The number of hydrogen-bond donors (Lipinski definition) is 1. The molecule has 0 unspecified atom stereocenters. The van der Waals surface area contributed by atoms with Crippen LogP contribution in [0.1, 0.15) is 61.3 Å². The normalized spacial score (nSPS) is 6.79. The summed E-state index contributed by atoms with van der Waals surface area (Å²) in [5, 5.41) is 2.78. The Morgan fingerprint density at radius 3 is 1.36 bits per heavy atom. The fourth-order valence-corrected chi connectivity index (χ4v) is 0.164. The third-order valence-corrected chi connectivity index (χ3v) is 0.381. The Balaban J connectivity index is -0.0000000536. The molecule has 0 atom stereocenters. The van der Waals surface area contributed by atoms with Crippen LogP contribution in [0.4, 0.5) is 0 Å². The highest BCUT2D eigenvalue weighted by Gasteiger charge is 1.51. The second-order valence-electron chi connectivity index (χ2n) is 2.29. The summed E-state index contributed by atoms with van der Waals surface area (Å²) < 4.78 is 0. The van der Waals surface area contributed by atoms with Gasteiger partial charge in [-0.2, -0.15) is 0 Å². The molecule has 0 heterocycles. The first-order chi connectivity index (χ1) is 6.74. The molecule has 88 valence electrons. The van der Waals surface area contributed by atoms with Crippen molar-refractivity contribution in [3.8, 4) is 0 Å². The summed E-state index contributed by atoms with van der Waals surface area (Å²) in [6.45, 7) is 17.9. The zero-order valence-electron chi connectivity index (χ0n) is 11.4. The average molecular weight is 201 g/mol. The topological polar surface area (TPSA) is 12.0 Å². The lowest BCUT2D eigenvalue weighted by Crippen LogP contribution is -1.86. The first kappa shape index (κ1) is 23.3. The van der Waals surface area contributed by atoms with Gasteiger partial charge in [-0.15, -0.1) is 0 Å². The number of allylic oxidation sites excluding steroid dienone is 1. The summed E-state index contributed by atoms with van der Waals surface area (Å²) >= 11 is 0. The molecule has 0 saturated carbocycles. The summed E-state index contributed by atoms with van der Waals surface area (Å²) in [5.41, 5.74) is 0. The molecule has 0 aromatic carbocycles. The van der Waals surface area contributed by atoms with Crippen LogP contribution in [0.25, 0.3) is 0 Å². The van der Waals surface area contributed by atoms with Gasteiger partial charge in [0.05, 0.1) is 0 Å². The van der Waals surface area contributed by atoms with E-state index >= 15 is 0 Å². The van der Waals surface area contributed by atoms with Crippen LogP contribution in [0.2, 0.25) is 0 Å². The van der Waals surface area contributed by atoms with Crippen molar-refractivity contribution in [3.63, 3.8) is 0 Å². The molecule has 1 heteroatoms. The lowest BCUT2D eigenvalue weighted by molar-refractivity contribution is 1.09. The average Bonchev–Trinajstić information content (AvgIpc) is 2.20. The van der Waals surface area contributed by atoms with Crippen molar-refractivity contribution in [2.24, 2.45) is 0 Å². The van der Waals surface area contributed by atoms with Crippen LogP contribution in [0.15, 0.2) is 25.1 Å². The molecule has 0 aromatic heterocycles. The Hall–Kier alpha value is -0.720. The summed E-state index contributed by atoms with van der Waals surface area (Å²) in [7, 11) is 0. The molecule has 0 saturated heterocycles. The third-order valence-electron chi connectivity index (χ3n) is 0.381. The lowest BCUT2D eigenvalue weighted by atomic mass is 10.6. The van der Waals surface area contributed by atoms with E-state index in [1.165, 1.54) is 12.8 Å². The van der Waals surface area contributed by atoms with Crippen LogP contribution in [-0.2, 0) is 0 Å². The molecule has 0 radical (unpaired) electrons. The zero-order valence-corrected chi connectivity index (χ0v) is 11.4. The van der Waals surface area contributed by atoms with Gasteiger partial charge in [0.1, 0.15) is 0 Å². The maximum Gasteiger partial charge on any atom is -0.00387 e. The van der Waals surface area contributed by atoms with Gasteiger partial charge in [0.2, 0.25) is 0 Å². The molecule has 0 aliphatic rings. The van der Waals surface area contributed by atoms with E-state index in [2.05, 4.69) is 39.6 Å². The van der Waals surface area contributed by atoms with Crippen LogP contribution in [0, 0.1) is 0 Å². The molecule has 0 spiro atoms. The van der Waals surface area contributed by atoms with Crippen molar-refractivity contribution < 1.29 is 0 Å². The second-order valence-corrected chi connectivity index (χ2v) is 2.29. The van der Waals surface area contributed by atoms with Crippen LogP contribution in [0.3, 0.4) is 0 Å². The molecule has 0 fully saturated rings. The Morgan fingerprint density at radius 2 is 1.29 bits per heavy atom. The Kier molecular flexibility index (Phi) is 93.1. The number of rotatable bonds is 2. The van der Waals surface area contributed by atoms with Gasteiger partial charge in [-0.25, -0.2) is 0 Å². The lowest BCUT2D eigenvalue weighted by Gasteiger charge is -1.79. The molecule has 0 bridgehead atoms. The molecule has 0 aliphatic heterocycles. The maximum atomic E-state index is 3.44. The van der Waals surface area contributed by atoms with Gasteiger partial charge < -0.3 is 5.32 Å². The van der Waals surface area contributed by atoms with Crippen molar-refractivity contribution in [2.45, 2.75) is 61.3 Å². The van der Waals surface area contributed by atoms with Gasteiger partial charge in [-0.05, 0) is 19.3 Å². The van der Waals surface area contributed by atoms with Gasteiger partial charge in [0.15, 0.2) is 0 Å². The fourth-order valence-electron chi connectivity index (χ4n) is 0.164. The Morgan fingerprint density at radius 1 is 1.00 bits per heavy atom. The summed E-state index contributed by atoms with van der Waals surface area (Å²) in [4.78, 5) is 0. The predicted octanol–water partition coefficient (Wildman–Crippen LogP) is 5.11. The fraction of sp³-hybridized carbons (Fsp3) is 0.692. The zero-order chi connectivity index (χ0) is 12.2. The molecule has 0 aliphatic carbocycles. The van der Waals surface area contributed by atoms with Crippen molar-refractivity contribution in [2.75, 3.05) is 0 Å². The van der Waals surface area contributed by atoms with Crippen molar-refractivity contribution in [1.82, 2.24) is 5.32 Å². The molecule has 0 rings (SSSR count). The third kappa shape index (κ3) is 229. The molecule has 0 amide bonds. The van der Waals surface area contributed by atoms with Crippen LogP contribution in [-0.4, -0.2) is 0 Å². The quantitative estimate of drug-likeness (QED) is 0.654. The minimum Gasteiger partial charge on any atom is -0.369 e. The number of hydrogen-bond acceptors (Lipinski definition) is 1. The number of nitrogens with one attached hydrogen (secondary N) is 1. The minimum absolute atomic E-state index is 1.25. The highest BCUT2D eigenvalue weighted by molar-refractivity contribution is 4.79. The van der Waals surface area contributed by atoms with E-state index in [9.17, 15) is 0 Å². The SMILES string of the molecule is C=CN/C=C\C.CC.CCC.CCC. The summed E-state index contributed by atoms with van der Waals surface area (Å²) in [6.07, 6.45) is 7.84. The second kappa shape index (κ2) is 56.0. The molecule has 1 N–H and O–H groups in total. The monoisotopic (exact) mass is 201 g/mol. The standard InChI is InChI=1S/C5H9N.2C3H8.C2H6/c1-3-5-6-4-2;2*1-3-2;1-2/h3-6H,2H2,1H3;2*3H2,1-2H3;1-2H3/b5-3-;;;. The van der Waals surface area contributed by atoms with E-state index in [-0.39, 0.29) is 0 Å². The van der Waals surface area contributed by atoms with Crippen LogP contribution < -0.4 is 5.32 Å². The van der Waals surface area contributed by atoms with E-state index in [0.717, 1.165) is 0 Å². The van der Waals surface area contributed by atoms with Crippen molar-refractivity contribution in [1.29, 1.82) is 0 Å². The van der Waals surface area contributed by atoms with E-state index in [4.69, 9.17) is 0 Å². The molecule has 0 aromatic rings. The Bertz CT molecular complexity index is 73.3. The molecular weight excluding hydrogens is 170 g/mol. The predicted molar refractivity (Wildman–Crippen MR) is 71.4 cm³/mol. The van der Waals surface area contributed by atoms with E-state index in [1.54, 1.807) is 6.20 Å². The minimum atomic E-state index is 1.25. The van der Waals surface area contributed by atoms with E-state index < -0.39 is 0 Å². The molecular formula is C13H31N. The van der Waals surface area contributed by atoms with Gasteiger partial charge in [0.25, 0.3) is 0 Å². The highest BCUT2D eigenvalue weighted by Crippen LogP contribution is 1.58. The Labute approximate surface area is 92.3 Å². The largest absolute Gasteiger partial charge is 0.369 e. The van der Waals surface area contributed by atoms with Crippen LogP contribution in [0.5, 0.6) is 0 Å². The summed E-state index contributed by atoms with van der Waals surface area (Å²) in [6, 6.07) is 0. The van der Waals surface area contributed by atoms with Gasteiger partial charge >= 0.3 is 0 Å². The van der Waals surface area contributed by atoms with E-state index in [0.29, 0.717) is 0 Å². The van der Waals surface area contributed by atoms with Crippen molar-refractivity contribution in [3.05, 3.63) is 25.1 Å². The highest BCUT2D eigenvalue weighted by atomic mass is 14.8. The smallest absolute Gasteiger partial charge is 0.00387 e. The maximum absolute atomic E-state index is 3.44. The van der Waals surface area contributed by atoms with Crippen LogP contribution >= 0.6 is 0 Å². The van der Waals surface area contributed by atoms with E-state index in [1.807, 2.05) is 33.0 Å². The van der Waals surface area contributed by atoms with Gasteiger partial charge in [0, 0.05) is 0 Å². The molecule has 1 nitrogen and oxygen atoms in total. The first-order valence-corrected chi connectivity index (χ1v) is 5.72. The van der Waals surface area contributed by atoms with Gasteiger partial charge in [-0.3, -0.25) is 0 Å². The van der Waals surface area contributed by atoms with Gasteiger partial charge in [-0.1, -0.05) is 67.0 Å². The first-order valence-electron chi connectivity index (χ1n) is 5.72. The molecule has 14 heavy (non-hydrogen) atoms. The van der Waals surface area contributed by atoms with Crippen molar-refractivity contribution >= 4 is 0 Å².